The van der Waals surface area contributed by atoms with Crippen LogP contribution in [-0.4, -0.2) is 48.6 Å². The molecule has 0 saturated heterocycles. The molecule has 1 aliphatic carbocycles. The SMILES string of the molecule is CC(=O)OC(C)C(=O)NC1CCC(Cc2ccc(C)cc2)(N(C)C)CC1. The smallest absolute Gasteiger partial charge is 0.303 e. The number of hydrogen-bond acceptors (Lipinski definition) is 4. The Kier molecular flexibility index (Phi) is 6.81. The topological polar surface area (TPSA) is 58.6 Å². The summed E-state index contributed by atoms with van der Waals surface area (Å²) in [6, 6.07) is 8.92. The fourth-order valence-electron chi connectivity index (χ4n) is 3.79. The second-order valence-electron chi connectivity index (χ2n) is 7.82. The van der Waals surface area contributed by atoms with E-state index >= 15 is 0 Å². The maximum Gasteiger partial charge on any atom is 0.303 e. The van der Waals surface area contributed by atoms with Crippen LogP contribution in [0.5, 0.6) is 0 Å². The fraction of sp³-hybridized carbons (Fsp3) is 0.619. The summed E-state index contributed by atoms with van der Waals surface area (Å²) < 4.78 is 4.96. The molecule has 144 valence electrons. The molecule has 1 fully saturated rings. The summed E-state index contributed by atoms with van der Waals surface area (Å²) in [7, 11) is 4.30. The summed E-state index contributed by atoms with van der Waals surface area (Å²) in [5, 5.41) is 3.04. The third-order valence-electron chi connectivity index (χ3n) is 5.58. The van der Waals surface area contributed by atoms with Crippen LogP contribution >= 0.6 is 0 Å². The van der Waals surface area contributed by atoms with Gasteiger partial charge in [-0.05, 0) is 65.6 Å². The maximum absolute atomic E-state index is 12.2. The monoisotopic (exact) mass is 360 g/mol. The number of nitrogens with one attached hydrogen (secondary N) is 1. The Hall–Kier alpha value is -1.88. The van der Waals surface area contributed by atoms with Crippen molar-refractivity contribution in [3.05, 3.63) is 35.4 Å². The van der Waals surface area contributed by atoms with Gasteiger partial charge in [0.05, 0.1) is 0 Å². The predicted molar refractivity (Wildman–Crippen MR) is 103 cm³/mol. The molecule has 1 aromatic carbocycles. The van der Waals surface area contributed by atoms with E-state index in [4.69, 9.17) is 4.74 Å². The van der Waals surface area contributed by atoms with E-state index in [9.17, 15) is 9.59 Å². The van der Waals surface area contributed by atoms with E-state index in [2.05, 4.69) is 55.5 Å². The summed E-state index contributed by atoms with van der Waals surface area (Å²) in [5.41, 5.74) is 2.76. The van der Waals surface area contributed by atoms with E-state index in [1.54, 1.807) is 6.92 Å². The molecule has 0 aromatic heterocycles. The molecule has 1 atom stereocenters. The number of likely N-dealkylation sites (N-methyl/N-ethyl adjacent to an activating group) is 1. The third kappa shape index (κ3) is 5.31. The van der Waals surface area contributed by atoms with E-state index in [1.807, 2.05) is 0 Å². The number of aryl methyl sites for hydroxylation is 1. The van der Waals surface area contributed by atoms with Crippen molar-refractivity contribution in [2.75, 3.05) is 14.1 Å². The van der Waals surface area contributed by atoms with Gasteiger partial charge in [-0.15, -0.1) is 0 Å². The average molecular weight is 360 g/mol. The van der Waals surface area contributed by atoms with Gasteiger partial charge in [-0.2, -0.15) is 0 Å². The van der Waals surface area contributed by atoms with Crippen molar-refractivity contribution in [3.63, 3.8) is 0 Å². The second kappa shape index (κ2) is 8.67. The first-order chi connectivity index (χ1) is 12.2. The van der Waals surface area contributed by atoms with Crippen molar-refractivity contribution < 1.29 is 14.3 Å². The summed E-state index contributed by atoms with van der Waals surface area (Å²) in [6.07, 6.45) is 4.21. The number of benzene rings is 1. The highest BCUT2D eigenvalue weighted by molar-refractivity contribution is 5.83. The molecule has 0 aliphatic heterocycles. The van der Waals surface area contributed by atoms with E-state index in [0.29, 0.717) is 0 Å². The minimum atomic E-state index is -0.736. The largest absolute Gasteiger partial charge is 0.453 e. The second-order valence-corrected chi connectivity index (χ2v) is 7.82. The van der Waals surface area contributed by atoms with Crippen LogP contribution in [0.1, 0.15) is 50.7 Å². The molecule has 1 amide bonds. The minimum absolute atomic E-state index is 0.123. The molecule has 1 saturated carbocycles. The number of rotatable bonds is 6. The zero-order valence-corrected chi connectivity index (χ0v) is 16.7. The van der Waals surface area contributed by atoms with Crippen molar-refractivity contribution >= 4 is 11.9 Å². The molecule has 5 nitrogen and oxygen atoms in total. The minimum Gasteiger partial charge on any atom is -0.453 e. The fourth-order valence-corrected chi connectivity index (χ4v) is 3.79. The van der Waals surface area contributed by atoms with E-state index < -0.39 is 12.1 Å². The van der Waals surface area contributed by atoms with Gasteiger partial charge < -0.3 is 15.0 Å². The van der Waals surface area contributed by atoms with Crippen LogP contribution in [0.15, 0.2) is 24.3 Å². The number of amides is 1. The zero-order chi connectivity index (χ0) is 19.3. The lowest BCUT2D eigenvalue weighted by Gasteiger charge is -2.45. The lowest BCUT2D eigenvalue weighted by Crippen LogP contribution is -2.53. The molecular formula is C21H32N2O3. The number of carbonyl (C=O) groups is 2. The standard InChI is InChI=1S/C21H32N2O3/c1-15-6-8-18(9-7-15)14-21(23(4)5)12-10-19(11-13-21)22-20(25)16(2)26-17(3)24/h6-9,16,19H,10-14H2,1-5H3,(H,22,25). The molecule has 1 aromatic rings. The van der Waals surface area contributed by atoms with E-state index in [0.717, 1.165) is 32.1 Å². The quantitative estimate of drug-likeness (QED) is 0.793. The molecule has 26 heavy (non-hydrogen) atoms. The zero-order valence-electron chi connectivity index (χ0n) is 16.7. The highest BCUT2D eigenvalue weighted by Crippen LogP contribution is 2.35. The first kappa shape index (κ1) is 20.4. The summed E-state index contributed by atoms with van der Waals surface area (Å²) in [4.78, 5) is 25.5. The summed E-state index contributed by atoms with van der Waals surface area (Å²) in [6.45, 7) is 5.04. The van der Waals surface area contributed by atoms with Crippen molar-refractivity contribution in [2.24, 2.45) is 0 Å². The Bertz CT molecular complexity index is 617. The molecular weight excluding hydrogens is 328 g/mol. The molecule has 0 heterocycles. The van der Waals surface area contributed by atoms with Crippen LogP contribution < -0.4 is 5.32 Å². The van der Waals surface area contributed by atoms with Crippen molar-refractivity contribution in [1.82, 2.24) is 10.2 Å². The number of hydrogen-bond donors (Lipinski definition) is 1. The Balaban J connectivity index is 1.95. The Morgan fingerprint density at radius 2 is 1.81 bits per heavy atom. The molecule has 0 radical (unpaired) electrons. The van der Waals surface area contributed by atoms with Gasteiger partial charge in [0, 0.05) is 18.5 Å². The highest BCUT2D eigenvalue weighted by Gasteiger charge is 2.38. The normalized spacial score (nSPS) is 24.2. The van der Waals surface area contributed by atoms with Gasteiger partial charge in [-0.1, -0.05) is 29.8 Å². The molecule has 2 rings (SSSR count). The highest BCUT2D eigenvalue weighted by atomic mass is 16.5. The van der Waals surface area contributed by atoms with Crippen LogP contribution in [0.25, 0.3) is 0 Å². The Labute approximate surface area is 157 Å². The van der Waals surface area contributed by atoms with Crippen molar-refractivity contribution in [3.8, 4) is 0 Å². The molecule has 1 unspecified atom stereocenters. The van der Waals surface area contributed by atoms with Gasteiger partial charge >= 0.3 is 5.97 Å². The van der Waals surface area contributed by atoms with Crippen molar-refractivity contribution in [2.45, 2.75) is 70.6 Å². The van der Waals surface area contributed by atoms with Crippen LogP contribution in [0.3, 0.4) is 0 Å². The molecule has 1 N–H and O–H groups in total. The number of ether oxygens (including phenoxy) is 1. The molecule has 0 spiro atoms. The first-order valence-corrected chi connectivity index (χ1v) is 9.42. The number of carbonyl (C=O) groups excluding carboxylic acids is 2. The predicted octanol–water partition coefficient (Wildman–Crippen LogP) is 2.85. The van der Waals surface area contributed by atoms with Gasteiger partial charge in [0.15, 0.2) is 6.10 Å². The first-order valence-electron chi connectivity index (χ1n) is 9.42. The van der Waals surface area contributed by atoms with Gasteiger partial charge in [-0.25, -0.2) is 0 Å². The third-order valence-corrected chi connectivity index (χ3v) is 5.58. The number of esters is 1. The Morgan fingerprint density at radius 1 is 1.23 bits per heavy atom. The Morgan fingerprint density at radius 3 is 2.31 bits per heavy atom. The lowest BCUT2D eigenvalue weighted by molar-refractivity contribution is -0.153. The molecule has 5 heteroatoms. The van der Waals surface area contributed by atoms with Gasteiger partial charge in [0.2, 0.25) is 0 Å². The van der Waals surface area contributed by atoms with Gasteiger partial charge in [-0.3, -0.25) is 9.59 Å². The van der Waals surface area contributed by atoms with Gasteiger partial charge in [0.1, 0.15) is 0 Å². The van der Waals surface area contributed by atoms with Crippen LogP contribution in [0, 0.1) is 6.92 Å². The maximum atomic E-state index is 12.2. The summed E-state index contributed by atoms with van der Waals surface area (Å²) in [5.74, 6) is -0.637. The van der Waals surface area contributed by atoms with E-state index in [1.165, 1.54) is 18.1 Å². The lowest BCUT2D eigenvalue weighted by atomic mass is 9.74. The average Bonchev–Trinajstić information content (AvgIpc) is 2.58. The molecule has 0 bridgehead atoms. The van der Waals surface area contributed by atoms with Crippen LogP contribution in [-0.2, 0) is 20.7 Å². The summed E-state index contributed by atoms with van der Waals surface area (Å²) >= 11 is 0. The van der Waals surface area contributed by atoms with E-state index in [-0.39, 0.29) is 17.5 Å². The van der Waals surface area contributed by atoms with Crippen molar-refractivity contribution in [1.29, 1.82) is 0 Å². The number of nitrogens with zero attached hydrogens (tertiary/aromatic N) is 1. The molecule has 1 aliphatic rings. The van der Waals surface area contributed by atoms with Crippen LogP contribution in [0.2, 0.25) is 0 Å². The van der Waals surface area contributed by atoms with Gasteiger partial charge in [0.25, 0.3) is 5.91 Å². The van der Waals surface area contributed by atoms with Crippen LogP contribution in [0.4, 0.5) is 0 Å².